The molecule has 1 aromatic carbocycles. The molecule has 22 heavy (non-hydrogen) atoms. The SMILES string of the molecule is Cc1ccc(C(C)C)cc1OCC(=O)N[C@](C)(C#N)C(C)C. The summed E-state index contributed by atoms with van der Waals surface area (Å²) in [5, 5.41) is 12.0. The van der Waals surface area contributed by atoms with Gasteiger partial charge in [-0.15, -0.1) is 0 Å². The molecule has 0 heterocycles. The number of nitrogens with one attached hydrogen (secondary N) is 1. The van der Waals surface area contributed by atoms with Crippen LogP contribution in [0.5, 0.6) is 5.75 Å². The Kier molecular flexibility index (Phi) is 5.99. The first-order chi connectivity index (χ1) is 10.2. The molecule has 120 valence electrons. The van der Waals surface area contributed by atoms with Crippen molar-refractivity contribution in [1.29, 1.82) is 5.26 Å². The van der Waals surface area contributed by atoms with Crippen molar-refractivity contribution in [2.45, 2.75) is 53.0 Å². The number of amides is 1. The summed E-state index contributed by atoms with van der Waals surface area (Å²) in [6.45, 7) is 11.6. The minimum absolute atomic E-state index is 0.0208. The number of nitriles is 1. The Bertz CT molecular complexity index is 573. The molecule has 0 aromatic heterocycles. The molecule has 4 heteroatoms. The van der Waals surface area contributed by atoms with Crippen molar-refractivity contribution in [3.8, 4) is 11.8 Å². The fourth-order valence-electron chi connectivity index (χ4n) is 1.90. The van der Waals surface area contributed by atoms with E-state index < -0.39 is 5.54 Å². The summed E-state index contributed by atoms with van der Waals surface area (Å²) in [7, 11) is 0. The maximum absolute atomic E-state index is 12.0. The van der Waals surface area contributed by atoms with Crippen molar-refractivity contribution in [2.24, 2.45) is 5.92 Å². The molecular formula is C18H26N2O2. The molecule has 0 unspecified atom stereocenters. The van der Waals surface area contributed by atoms with Crippen LogP contribution in [0.4, 0.5) is 0 Å². The van der Waals surface area contributed by atoms with Crippen molar-refractivity contribution < 1.29 is 9.53 Å². The Morgan fingerprint density at radius 2 is 2.00 bits per heavy atom. The zero-order valence-electron chi connectivity index (χ0n) is 14.4. The number of benzene rings is 1. The number of nitrogens with zero attached hydrogens (tertiary/aromatic N) is 1. The van der Waals surface area contributed by atoms with Crippen LogP contribution in [0.25, 0.3) is 0 Å². The summed E-state index contributed by atoms with van der Waals surface area (Å²) in [6.07, 6.45) is 0. The van der Waals surface area contributed by atoms with E-state index in [2.05, 4.69) is 31.3 Å². The van der Waals surface area contributed by atoms with Crippen LogP contribution in [0.1, 0.15) is 51.7 Å². The first-order valence-electron chi connectivity index (χ1n) is 7.65. The molecule has 0 saturated heterocycles. The van der Waals surface area contributed by atoms with E-state index in [-0.39, 0.29) is 18.4 Å². The number of ether oxygens (including phenoxy) is 1. The third kappa shape index (κ3) is 4.49. The van der Waals surface area contributed by atoms with Crippen LogP contribution in [0.3, 0.4) is 0 Å². The predicted molar refractivity (Wildman–Crippen MR) is 87.8 cm³/mol. The van der Waals surface area contributed by atoms with Gasteiger partial charge in [0.05, 0.1) is 6.07 Å². The molecule has 1 rings (SSSR count). The molecule has 1 amide bonds. The molecule has 0 aliphatic carbocycles. The van der Waals surface area contributed by atoms with E-state index in [4.69, 9.17) is 4.74 Å². The van der Waals surface area contributed by atoms with Crippen molar-refractivity contribution in [3.63, 3.8) is 0 Å². The van der Waals surface area contributed by atoms with Gasteiger partial charge in [0.1, 0.15) is 11.3 Å². The van der Waals surface area contributed by atoms with Gasteiger partial charge in [0.15, 0.2) is 6.61 Å². The van der Waals surface area contributed by atoms with Crippen LogP contribution in [-0.2, 0) is 4.79 Å². The maximum Gasteiger partial charge on any atom is 0.259 e. The lowest BCUT2D eigenvalue weighted by Gasteiger charge is -2.27. The van der Waals surface area contributed by atoms with Gasteiger partial charge in [-0.3, -0.25) is 4.79 Å². The Morgan fingerprint density at radius 1 is 1.36 bits per heavy atom. The molecule has 1 atom stereocenters. The first kappa shape index (κ1) is 18.0. The topological polar surface area (TPSA) is 62.1 Å². The normalized spacial score (nSPS) is 13.6. The third-order valence-corrected chi connectivity index (χ3v) is 4.02. The summed E-state index contributed by atoms with van der Waals surface area (Å²) in [5.41, 5.74) is 1.28. The van der Waals surface area contributed by atoms with Gasteiger partial charge in [-0.2, -0.15) is 5.26 Å². The minimum atomic E-state index is -0.880. The molecule has 0 bridgehead atoms. The highest BCUT2D eigenvalue weighted by molar-refractivity contribution is 5.78. The van der Waals surface area contributed by atoms with Gasteiger partial charge in [0.25, 0.3) is 5.91 Å². The number of carbonyl (C=O) groups excluding carboxylic acids is 1. The molecule has 4 nitrogen and oxygen atoms in total. The highest BCUT2D eigenvalue weighted by Gasteiger charge is 2.30. The maximum atomic E-state index is 12.0. The number of rotatable bonds is 6. The highest BCUT2D eigenvalue weighted by Crippen LogP contribution is 2.24. The number of hydrogen-bond donors (Lipinski definition) is 1. The fourth-order valence-corrected chi connectivity index (χ4v) is 1.90. The molecular weight excluding hydrogens is 276 g/mol. The predicted octanol–water partition coefficient (Wildman–Crippen LogP) is 3.55. The van der Waals surface area contributed by atoms with Crippen LogP contribution in [0.2, 0.25) is 0 Å². The molecule has 0 radical (unpaired) electrons. The van der Waals surface area contributed by atoms with Gasteiger partial charge < -0.3 is 10.1 Å². The molecule has 0 saturated carbocycles. The zero-order valence-corrected chi connectivity index (χ0v) is 14.4. The average Bonchev–Trinajstić information content (AvgIpc) is 2.45. The molecule has 1 N–H and O–H groups in total. The van der Waals surface area contributed by atoms with E-state index in [0.717, 1.165) is 5.56 Å². The molecule has 0 spiro atoms. The van der Waals surface area contributed by atoms with Crippen molar-refractivity contribution >= 4 is 5.91 Å². The van der Waals surface area contributed by atoms with E-state index >= 15 is 0 Å². The lowest BCUT2D eigenvalue weighted by molar-refractivity contribution is -0.124. The van der Waals surface area contributed by atoms with Gasteiger partial charge >= 0.3 is 0 Å². The van der Waals surface area contributed by atoms with Crippen molar-refractivity contribution in [3.05, 3.63) is 29.3 Å². The summed E-state index contributed by atoms with van der Waals surface area (Å²) in [5.74, 6) is 0.851. The Labute approximate surface area is 133 Å². The largest absolute Gasteiger partial charge is 0.483 e. The highest BCUT2D eigenvalue weighted by atomic mass is 16.5. The monoisotopic (exact) mass is 302 g/mol. The van der Waals surface area contributed by atoms with Crippen molar-refractivity contribution in [1.82, 2.24) is 5.32 Å². The van der Waals surface area contributed by atoms with E-state index in [9.17, 15) is 10.1 Å². The Balaban J connectivity index is 2.73. The standard InChI is InChI=1S/C18H26N2O2/c1-12(2)15-8-7-14(5)16(9-15)22-10-17(21)20-18(6,11-19)13(3)4/h7-9,12-13H,10H2,1-6H3,(H,20,21)/t18-/m1/s1. The minimum Gasteiger partial charge on any atom is -0.483 e. The Hall–Kier alpha value is -2.02. The smallest absolute Gasteiger partial charge is 0.259 e. The van der Waals surface area contributed by atoms with Crippen LogP contribution in [-0.4, -0.2) is 18.1 Å². The summed E-state index contributed by atoms with van der Waals surface area (Å²) < 4.78 is 5.64. The Morgan fingerprint density at radius 3 is 2.50 bits per heavy atom. The molecule has 0 fully saturated rings. The quantitative estimate of drug-likeness (QED) is 0.874. The van der Waals surface area contributed by atoms with Gasteiger partial charge in [-0.25, -0.2) is 0 Å². The van der Waals surface area contributed by atoms with Gasteiger partial charge in [0.2, 0.25) is 0 Å². The number of carbonyl (C=O) groups is 1. The second kappa shape index (κ2) is 7.31. The second-order valence-electron chi connectivity index (χ2n) is 6.49. The molecule has 0 aliphatic heterocycles. The van der Waals surface area contributed by atoms with Gasteiger partial charge in [0, 0.05) is 0 Å². The lowest BCUT2D eigenvalue weighted by atomic mass is 9.90. The van der Waals surface area contributed by atoms with E-state index in [1.54, 1.807) is 6.92 Å². The van der Waals surface area contributed by atoms with Gasteiger partial charge in [-0.1, -0.05) is 39.8 Å². The van der Waals surface area contributed by atoms with Crippen LogP contribution >= 0.6 is 0 Å². The zero-order chi connectivity index (χ0) is 16.9. The van der Waals surface area contributed by atoms with Gasteiger partial charge in [-0.05, 0) is 42.9 Å². The van der Waals surface area contributed by atoms with Crippen molar-refractivity contribution in [2.75, 3.05) is 6.61 Å². The van der Waals surface area contributed by atoms with E-state index in [1.165, 1.54) is 5.56 Å². The van der Waals surface area contributed by atoms with Crippen LogP contribution < -0.4 is 10.1 Å². The lowest BCUT2D eigenvalue weighted by Crippen LogP contribution is -2.50. The summed E-state index contributed by atoms with van der Waals surface area (Å²) >= 11 is 0. The molecule has 0 aliphatic rings. The van der Waals surface area contributed by atoms with Crippen LogP contribution in [0.15, 0.2) is 18.2 Å². The number of hydrogen-bond acceptors (Lipinski definition) is 3. The third-order valence-electron chi connectivity index (χ3n) is 4.02. The fraction of sp³-hybridized carbons (Fsp3) is 0.556. The second-order valence-corrected chi connectivity index (χ2v) is 6.49. The first-order valence-corrected chi connectivity index (χ1v) is 7.65. The van der Waals surface area contributed by atoms with E-state index in [0.29, 0.717) is 11.7 Å². The van der Waals surface area contributed by atoms with E-state index in [1.807, 2.05) is 32.9 Å². The summed E-state index contributed by atoms with van der Waals surface area (Å²) in [4.78, 5) is 12.0. The number of aryl methyl sites for hydroxylation is 1. The average molecular weight is 302 g/mol. The summed E-state index contributed by atoms with van der Waals surface area (Å²) in [6, 6.07) is 8.19. The molecule has 1 aromatic rings. The van der Waals surface area contributed by atoms with Crippen LogP contribution in [0, 0.1) is 24.2 Å².